The van der Waals surface area contributed by atoms with E-state index in [9.17, 15) is 9.18 Å². The van der Waals surface area contributed by atoms with Crippen LogP contribution in [0.5, 0.6) is 0 Å². The van der Waals surface area contributed by atoms with Gasteiger partial charge in [-0.05, 0) is 37.1 Å². The van der Waals surface area contributed by atoms with Gasteiger partial charge in [-0.2, -0.15) is 0 Å². The number of nitrogens with one attached hydrogen (secondary N) is 1. The van der Waals surface area contributed by atoms with Crippen molar-refractivity contribution < 1.29 is 9.18 Å². The van der Waals surface area contributed by atoms with Crippen LogP contribution in [-0.4, -0.2) is 36.5 Å². The van der Waals surface area contributed by atoms with Crippen molar-refractivity contribution in [3.63, 3.8) is 0 Å². The topological polar surface area (TPSA) is 58.4 Å². The molecule has 0 aromatic heterocycles. The van der Waals surface area contributed by atoms with Crippen LogP contribution in [-0.2, 0) is 4.79 Å². The fourth-order valence-corrected chi connectivity index (χ4v) is 2.05. The molecule has 0 aliphatic carbocycles. The molecule has 0 saturated carbocycles. The van der Waals surface area contributed by atoms with Gasteiger partial charge in [-0.25, -0.2) is 4.39 Å². The quantitative estimate of drug-likeness (QED) is 0.888. The van der Waals surface area contributed by atoms with E-state index >= 15 is 0 Å². The molecule has 0 atom stereocenters. The molecule has 0 unspecified atom stereocenters. The first-order valence-corrected chi connectivity index (χ1v) is 6.17. The Morgan fingerprint density at radius 2 is 1.89 bits per heavy atom. The van der Waals surface area contributed by atoms with Crippen LogP contribution in [0.25, 0.3) is 0 Å². The summed E-state index contributed by atoms with van der Waals surface area (Å²) in [6.45, 7) is 2.08. The van der Waals surface area contributed by atoms with Crippen LogP contribution < -0.4 is 11.1 Å². The lowest BCUT2D eigenvalue weighted by atomic mass is 10.1. The first-order valence-electron chi connectivity index (χ1n) is 6.17. The SMILES string of the molecule is Cl.NC1CCN(CC(=O)Nc2ccc(F)cc2)CC1. The number of rotatable bonds is 3. The number of carbonyl (C=O) groups is 1. The highest BCUT2D eigenvalue weighted by atomic mass is 35.5. The van der Waals surface area contributed by atoms with Gasteiger partial charge in [0.2, 0.25) is 5.91 Å². The summed E-state index contributed by atoms with van der Waals surface area (Å²) in [5, 5.41) is 2.75. The van der Waals surface area contributed by atoms with Gasteiger partial charge in [-0.1, -0.05) is 0 Å². The Hall–Kier alpha value is -1.17. The lowest BCUT2D eigenvalue weighted by molar-refractivity contribution is -0.117. The van der Waals surface area contributed by atoms with Crippen molar-refractivity contribution in [2.24, 2.45) is 5.73 Å². The highest BCUT2D eigenvalue weighted by molar-refractivity contribution is 5.92. The Kier molecular flexibility index (Phi) is 6.21. The summed E-state index contributed by atoms with van der Waals surface area (Å²) in [5.41, 5.74) is 6.42. The van der Waals surface area contributed by atoms with Crippen molar-refractivity contribution >= 4 is 24.0 Å². The van der Waals surface area contributed by atoms with E-state index < -0.39 is 0 Å². The molecule has 4 nitrogen and oxygen atoms in total. The van der Waals surface area contributed by atoms with E-state index in [4.69, 9.17) is 5.73 Å². The summed E-state index contributed by atoms with van der Waals surface area (Å²) in [4.78, 5) is 13.9. The van der Waals surface area contributed by atoms with Gasteiger partial charge in [-0.3, -0.25) is 9.69 Å². The first kappa shape index (κ1) is 15.9. The number of piperidine rings is 1. The lowest BCUT2D eigenvalue weighted by Crippen LogP contribution is -2.43. The molecular weight excluding hydrogens is 269 g/mol. The molecule has 1 aliphatic heterocycles. The van der Waals surface area contributed by atoms with Gasteiger partial charge in [-0.15, -0.1) is 12.4 Å². The maximum Gasteiger partial charge on any atom is 0.238 e. The molecule has 1 fully saturated rings. The maximum absolute atomic E-state index is 12.7. The monoisotopic (exact) mass is 287 g/mol. The van der Waals surface area contributed by atoms with Crippen molar-refractivity contribution in [1.29, 1.82) is 0 Å². The number of hydrogen-bond acceptors (Lipinski definition) is 3. The highest BCUT2D eigenvalue weighted by Gasteiger charge is 2.18. The zero-order valence-corrected chi connectivity index (χ0v) is 11.5. The number of halogens is 2. The Labute approximate surface area is 118 Å². The minimum absolute atomic E-state index is 0. The number of nitrogens with two attached hydrogens (primary N) is 1. The predicted octanol–water partition coefficient (Wildman–Crippen LogP) is 1.61. The fourth-order valence-electron chi connectivity index (χ4n) is 2.05. The van der Waals surface area contributed by atoms with Crippen molar-refractivity contribution in [1.82, 2.24) is 4.90 Å². The summed E-state index contributed by atoms with van der Waals surface area (Å²) in [5.74, 6) is -0.380. The van der Waals surface area contributed by atoms with Crippen molar-refractivity contribution in [2.75, 3.05) is 25.0 Å². The smallest absolute Gasteiger partial charge is 0.238 e. The molecule has 1 aromatic rings. The van der Waals surface area contributed by atoms with Gasteiger partial charge in [0.25, 0.3) is 0 Å². The zero-order chi connectivity index (χ0) is 13.0. The summed E-state index contributed by atoms with van der Waals surface area (Å²) in [6.07, 6.45) is 1.87. The molecule has 0 bridgehead atoms. The minimum atomic E-state index is -0.307. The highest BCUT2D eigenvalue weighted by Crippen LogP contribution is 2.10. The number of benzene rings is 1. The zero-order valence-electron chi connectivity index (χ0n) is 10.6. The van der Waals surface area contributed by atoms with Crippen LogP contribution >= 0.6 is 12.4 Å². The molecule has 0 radical (unpaired) electrons. The molecule has 2 rings (SSSR count). The second kappa shape index (κ2) is 7.43. The number of nitrogens with zero attached hydrogens (tertiary/aromatic N) is 1. The molecule has 19 heavy (non-hydrogen) atoms. The van der Waals surface area contributed by atoms with Gasteiger partial charge >= 0.3 is 0 Å². The van der Waals surface area contributed by atoms with Gasteiger partial charge < -0.3 is 11.1 Å². The largest absolute Gasteiger partial charge is 0.328 e. The maximum atomic E-state index is 12.7. The van der Waals surface area contributed by atoms with E-state index in [2.05, 4.69) is 10.2 Å². The Bertz CT molecular complexity index is 405. The molecular formula is C13H19ClFN3O. The van der Waals surface area contributed by atoms with Gasteiger partial charge in [0.05, 0.1) is 6.54 Å². The molecule has 106 valence electrons. The van der Waals surface area contributed by atoms with Gasteiger partial charge in [0.1, 0.15) is 5.82 Å². The van der Waals surface area contributed by atoms with E-state index in [1.54, 1.807) is 12.1 Å². The fraction of sp³-hybridized carbons (Fsp3) is 0.462. The second-order valence-electron chi connectivity index (χ2n) is 4.67. The van der Waals surface area contributed by atoms with E-state index in [1.165, 1.54) is 12.1 Å². The van der Waals surface area contributed by atoms with Gasteiger partial charge in [0, 0.05) is 24.8 Å². The summed E-state index contributed by atoms with van der Waals surface area (Å²) in [6, 6.07) is 6.03. The van der Waals surface area contributed by atoms with Crippen LogP contribution in [0.1, 0.15) is 12.8 Å². The molecule has 1 heterocycles. The Morgan fingerprint density at radius 3 is 2.47 bits per heavy atom. The van der Waals surface area contributed by atoms with Crippen LogP contribution in [0.2, 0.25) is 0 Å². The number of carbonyl (C=O) groups excluding carboxylic acids is 1. The van der Waals surface area contributed by atoms with E-state index in [0.717, 1.165) is 25.9 Å². The molecule has 1 amide bonds. The molecule has 1 aliphatic rings. The average molecular weight is 288 g/mol. The Morgan fingerprint density at radius 1 is 1.32 bits per heavy atom. The van der Waals surface area contributed by atoms with Crippen molar-refractivity contribution in [2.45, 2.75) is 18.9 Å². The third-order valence-corrected chi connectivity index (χ3v) is 3.13. The number of anilines is 1. The van der Waals surface area contributed by atoms with E-state index in [1.807, 2.05) is 0 Å². The predicted molar refractivity (Wildman–Crippen MR) is 75.9 cm³/mol. The standard InChI is InChI=1S/C13H18FN3O.ClH/c14-10-1-3-12(4-2-10)16-13(18)9-17-7-5-11(15)6-8-17;/h1-4,11H,5-9,15H2,(H,16,18);1H. The third-order valence-electron chi connectivity index (χ3n) is 3.13. The first-order chi connectivity index (χ1) is 8.63. The summed E-state index contributed by atoms with van der Waals surface area (Å²) in [7, 11) is 0. The number of amides is 1. The number of hydrogen-bond donors (Lipinski definition) is 2. The van der Waals surface area contributed by atoms with Crippen LogP contribution in [0.3, 0.4) is 0 Å². The molecule has 3 N–H and O–H groups in total. The minimum Gasteiger partial charge on any atom is -0.328 e. The van der Waals surface area contributed by atoms with Crippen molar-refractivity contribution in [3.05, 3.63) is 30.1 Å². The van der Waals surface area contributed by atoms with E-state index in [-0.39, 0.29) is 30.2 Å². The molecule has 1 saturated heterocycles. The summed E-state index contributed by atoms with van der Waals surface area (Å²) >= 11 is 0. The number of likely N-dealkylation sites (tertiary alicyclic amines) is 1. The molecule has 0 spiro atoms. The second-order valence-corrected chi connectivity index (χ2v) is 4.67. The van der Waals surface area contributed by atoms with E-state index in [0.29, 0.717) is 12.2 Å². The summed E-state index contributed by atoms with van der Waals surface area (Å²) < 4.78 is 12.7. The van der Waals surface area contributed by atoms with Crippen LogP contribution in [0, 0.1) is 5.82 Å². The average Bonchev–Trinajstić information content (AvgIpc) is 2.35. The Balaban J connectivity index is 0.00000180. The normalized spacial score (nSPS) is 16.7. The third kappa shape index (κ3) is 5.14. The van der Waals surface area contributed by atoms with Gasteiger partial charge in [0.15, 0.2) is 0 Å². The van der Waals surface area contributed by atoms with Crippen LogP contribution in [0.4, 0.5) is 10.1 Å². The molecule has 1 aromatic carbocycles. The van der Waals surface area contributed by atoms with Crippen LogP contribution in [0.15, 0.2) is 24.3 Å². The van der Waals surface area contributed by atoms with Crippen molar-refractivity contribution in [3.8, 4) is 0 Å². The molecule has 6 heteroatoms. The lowest BCUT2D eigenvalue weighted by Gasteiger charge is -2.29.